The number of fused-ring (bicyclic) bond motifs is 1. The monoisotopic (exact) mass is 414 g/mol. The van der Waals surface area contributed by atoms with Gasteiger partial charge in [-0.1, -0.05) is 53.6 Å². The Morgan fingerprint density at radius 2 is 1.74 bits per heavy atom. The normalized spacial score (nSPS) is 25.1. The zero-order valence-corrected chi connectivity index (χ0v) is 17.6. The van der Waals surface area contributed by atoms with E-state index in [2.05, 4.69) is 47.0 Å². The van der Waals surface area contributed by atoms with Crippen LogP contribution >= 0.6 is 0 Å². The molecule has 2 fully saturated rings. The third kappa shape index (κ3) is 3.48. The molecule has 0 aliphatic carbocycles. The predicted octanol–water partition coefficient (Wildman–Crippen LogP) is 3.32. The molecule has 1 aromatic heterocycles. The molecule has 0 radical (unpaired) electrons. The van der Waals surface area contributed by atoms with Gasteiger partial charge in [0, 0.05) is 30.4 Å². The van der Waals surface area contributed by atoms with E-state index in [1.165, 1.54) is 5.56 Å². The number of carbonyl (C=O) groups excluding carboxylic acids is 1. The molecular formula is C25H26N4O2. The maximum absolute atomic E-state index is 13.5. The molecule has 1 amide bonds. The number of hydrogen-bond acceptors (Lipinski definition) is 5. The number of rotatable bonds is 4. The van der Waals surface area contributed by atoms with Crippen LogP contribution in [0.3, 0.4) is 0 Å². The van der Waals surface area contributed by atoms with Gasteiger partial charge >= 0.3 is 0 Å². The maximum Gasteiger partial charge on any atom is 0.242 e. The van der Waals surface area contributed by atoms with Crippen molar-refractivity contribution in [3.05, 3.63) is 94.8 Å². The van der Waals surface area contributed by atoms with Crippen molar-refractivity contribution >= 4 is 5.91 Å². The highest BCUT2D eigenvalue weighted by atomic mass is 16.3. The van der Waals surface area contributed by atoms with Gasteiger partial charge in [0.05, 0.1) is 12.1 Å². The van der Waals surface area contributed by atoms with Crippen LogP contribution in [0.4, 0.5) is 0 Å². The second-order valence-electron chi connectivity index (χ2n) is 8.57. The number of amides is 1. The SMILES string of the molecule is Cc1ccc(C2C3C(NNC3c3cc(C)ccc3O)C(=O)N2Cc2cccnc2)cc1. The molecule has 2 saturated heterocycles. The first-order chi connectivity index (χ1) is 15.0. The Labute approximate surface area is 181 Å². The van der Waals surface area contributed by atoms with Crippen molar-refractivity contribution in [3.63, 3.8) is 0 Å². The van der Waals surface area contributed by atoms with Crippen molar-refractivity contribution in [3.8, 4) is 5.75 Å². The third-order valence-corrected chi connectivity index (χ3v) is 6.43. The van der Waals surface area contributed by atoms with Gasteiger partial charge in [0.1, 0.15) is 11.8 Å². The topological polar surface area (TPSA) is 77.5 Å². The van der Waals surface area contributed by atoms with Gasteiger partial charge in [-0.2, -0.15) is 0 Å². The van der Waals surface area contributed by atoms with E-state index < -0.39 is 0 Å². The van der Waals surface area contributed by atoms with Crippen LogP contribution in [0.15, 0.2) is 67.0 Å². The van der Waals surface area contributed by atoms with Crippen molar-refractivity contribution in [1.82, 2.24) is 20.7 Å². The molecule has 3 N–H and O–H groups in total. The van der Waals surface area contributed by atoms with Gasteiger partial charge in [-0.05, 0) is 37.1 Å². The molecule has 6 nitrogen and oxygen atoms in total. The number of likely N-dealkylation sites (tertiary alicyclic amines) is 1. The predicted molar refractivity (Wildman–Crippen MR) is 118 cm³/mol. The fourth-order valence-electron chi connectivity index (χ4n) is 4.92. The number of hydrogen-bond donors (Lipinski definition) is 3. The summed E-state index contributed by atoms with van der Waals surface area (Å²) in [5.41, 5.74) is 11.7. The van der Waals surface area contributed by atoms with Gasteiger partial charge in [-0.15, -0.1) is 0 Å². The van der Waals surface area contributed by atoms with Crippen LogP contribution in [0.5, 0.6) is 5.75 Å². The fraction of sp³-hybridized carbons (Fsp3) is 0.280. The molecule has 3 aromatic rings. The molecule has 6 heteroatoms. The average molecular weight is 415 g/mol. The second kappa shape index (κ2) is 7.80. The van der Waals surface area contributed by atoms with Crippen molar-refractivity contribution < 1.29 is 9.90 Å². The van der Waals surface area contributed by atoms with E-state index in [9.17, 15) is 9.90 Å². The van der Waals surface area contributed by atoms with Crippen LogP contribution in [-0.4, -0.2) is 26.9 Å². The molecule has 2 aliphatic heterocycles. The molecule has 5 rings (SSSR count). The number of phenols is 1. The summed E-state index contributed by atoms with van der Waals surface area (Å²) in [7, 11) is 0. The average Bonchev–Trinajstić information content (AvgIpc) is 3.31. The quantitative estimate of drug-likeness (QED) is 0.611. The molecule has 2 aliphatic rings. The standard InChI is InChI=1S/C25H26N4O2/c1-15-5-8-18(9-6-15)24-21-22(19-12-16(2)7-10-20(19)30)27-28-23(21)25(31)29(24)14-17-4-3-11-26-13-17/h3-13,21-24,27-28,30H,14H2,1-2H3. The van der Waals surface area contributed by atoms with Gasteiger partial charge < -0.3 is 10.0 Å². The Kier molecular flexibility index (Phi) is 4.96. The van der Waals surface area contributed by atoms with Gasteiger partial charge in [-0.3, -0.25) is 9.78 Å². The number of phenolic OH excluding ortho intramolecular Hbond substituents is 1. The van der Waals surface area contributed by atoms with E-state index in [1.807, 2.05) is 42.3 Å². The summed E-state index contributed by atoms with van der Waals surface area (Å²) in [5, 5.41) is 10.6. The molecule has 4 atom stereocenters. The van der Waals surface area contributed by atoms with Crippen LogP contribution in [0, 0.1) is 19.8 Å². The van der Waals surface area contributed by atoms with Gasteiger partial charge in [0.25, 0.3) is 0 Å². The maximum atomic E-state index is 13.5. The lowest BCUT2D eigenvalue weighted by Gasteiger charge is -2.31. The first-order valence-electron chi connectivity index (χ1n) is 10.6. The summed E-state index contributed by atoms with van der Waals surface area (Å²) in [6.45, 7) is 4.56. The molecule has 3 heterocycles. The minimum atomic E-state index is -0.368. The van der Waals surface area contributed by atoms with Crippen LogP contribution in [0.25, 0.3) is 0 Å². The van der Waals surface area contributed by atoms with Gasteiger partial charge in [-0.25, -0.2) is 10.9 Å². The number of aromatic nitrogens is 1. The van der Waals surface area contributed by atoms with Crippen molar-refractivity contribution in [1.29, 1.82) is 0 Å². The number of aryl methyl sites for hydroxylation is 2. The molecular weight excluding hydrogens is 388 g/mol. The second-order valence-corrected chi connectivity index (χ2v) is 8.57. The van der Waals surface area contributed by atoms with E-state index in [4.69, 9.17) is 0 Å². The van der Waals surface area contributed by atoms with Crippen LogP contribution in [-0.2, 0) is 11.3 Å². The lowest BCUT2D eigenvalue weighted by Crippen LogP contribution is -2.41. The van der Waals surface area contributed by atoms with Crippen molar-refractivity contribution in [2.75, 3.05) is 0 Å². The Morgan fingerprint density at radius 3 is 2.48 bits per heavy atom. The smallest absolute Gasteiger partial charge is 0.242 e. The summed E-state index contributed by atoms with van der Waals surface area (Å²) >= 11 is 0. The Morgan fingerprint density at radius 1 is 1.00 bits per heavy atom. The van der Waals surface area contributed by atoms with Crippen LogP contribution in [0.1, 0.15) is 39.9 Å². The summed E-state index contributed by atoms with van der Waals surface area (Å²) in [6.07, 6.45) is 3.55. The highest BCUT2D eigenvalue weighted by Gasteiger charge is 2.55. The van der Waals surface area contributed by atoms with Crippen LogP contribution in [0.2, 0.25) is 0 Å². The lowest BCUT2D eigenvalue weighted by atomic mass is 9.82. The number of benzene rings is 2. The summed E-state index contributed by atoms with van der Waals surface area (Å²) in [4.78, 5) is 19.7. The summed E-state index contributed by atoms with van der Waals surface area (Å²) in [6, 6.07) is 17.2. The number of pyridine rings is 1. The lowest BCUT2D eigenvalue weighted by molar-refractivity contribution is -0.131. The van der Waals surface area contributed by atoms with Gasteiger partial charge in [0.2, 0.25) is 5.91 Å². The minimum absolute atomic E-state index is 0.0570. The van der Waals surface area contributed by atoms with E-state index >= 15 is 0 Å². The van der Waals surface area contributed by atoms with E-state index in [1.54, 1.807) is 12.3 Å². The number of carbonyl (C=O) groups is 1. The zero-order valence-electron chi connectivity index (χ0n) is 17.6. The Bertz CT molecular complexity index is 1100. The summed E-state index contributed by atoms with van der Waals surface area (Å²) < 4.78 is 0. The zero-order chi connectivity index (χ0) is 21.5. The molecule has 2 aromatic carbocycles. The largest absolute Gasteiger partial charge is 0.508 e. The number of aromatic hydroxyl groups is 1. The Hall–Kier alpha value is -3.22. The van der Waals surface area contributed by atoms with Crippen molar-refractivity contribution in [2.24, 2.45) is 5.92 Å². The number of nitrogens with one attached hydrogen (secondary N) is 2. The molecule has 31 heavy (non-hydrogen) atoms. The highest BCUT2D eigenvalue weighted by Crippen LogP contribution is 2.49. The molecule has 158 valence electrons. The van der Waals surface area contributed by atoms with Gasteiger partial charge in [0.15, 0.2) is 0 Å². The first-order valence-corrected chi connectivity index (χ1v) is 10.6. The third-order valence-electron chi connectivity index (χ3n) is 6.43. The highest BCUT2D eigenvalue weighted by molar-refractivity contribution is 5.86. The molecule has 0 bridgehead atoms. The van der Waals surface area contributed by atoms with E-state index in [0.29, 0.717) is 6.54 Å². The Balaban J connectivity index is 1.59. The minimum Gasteiger partial charge on any atom is -0.508 e. The van der Waals surface area contributed by atoms with E-state index in [-0.39, 0.29) is 35.7 Å². The van der Waals surface area contributed by atoms with E-state index in [0.717, 1.165) is 22.3 Å². The first kappa shape index (κ1) is 19.7. The number of hydrazine groups is 1. The van der Waals surface area contributed by atoms with Crippen LogP contribution < -0.4 is 10.9 Å². The van der Waals surface area contributed by atoms with Crippen molar-refractivity contribution in [2.45, 2.75) is 38.5 Å². The fourth-order valence-corrected chi connectivity index (χ4v) is 4.92. The molecule has 0 saturated carbocycles. The molecule has 0 spiro atoms. The summed E-state index contributed by atoms with van der Waals surface area (Å²) in [5.74, 6) is 0.229. The number of nitrogens with zero attached hydrogens (tertiary/aromatic N) is 2. The molecule has 4 unspecified atom stereocenters.